The zero-order valence-corrected chi connectivity index (χ0v) is 15.4. The number of carbonyl (C=O) groups is 1. The maximum absolute atomic E-state index is 12.5. The number of nitrogens with zero attached hydrogens (tertiary/aromatic N) is 2. The number of halogens is 1. The second kappa shape index (κ2) is 7.09. The number of nitrogen functional groups attached to an aromatic ring is 1. The van der Waals surface area contributed by atoms with E-state index in [0.29, 0.717) is 44.4 Å². The van der Waals surface area contributed by atoms with Crippen LogP contribution in [0.1, 0.15) is 10.4 Å². The highest BCUT2D eigenvalue weighted by molar-refractivity contribution is 6.33. The number of methoxy groups -OCH3 is 1. The number of carbonyl (C=O) groups excluding carboxylic acids is 1. The van der Waals surface area contributed by atoms with Crippen LogP contribution in [0, 0.1) is 0 Å². The van der Waals surface area contributed by atoms with E-state index in [4.69, 9.17) is 26.8 Å². The maximum atomic E-state index is 12.5. The van der Waals surface area contributed by atoms with Gasteiger partial charge >= 0.3 is 0 Å². The standard InChI is InChI=1S/C19H18ClN3O3/c1-23(2)19(24)13-9-12-16(10-18(13)25-3)22-7-6-17(12)26-11-4-5-15(21)14(20)8-11/h4-10H,21H2,1-3H3. The Kier molecular flexibility index (Phi) is 4.86. The highest BCUT2D eigenvalue weighted by Crippen LogP contribution is 2.35. The minimum absolute atomic E-state index is 0.172. The molecule has 1 aromatic heterocycles. The van der Waals surface area contributed by atoms with Crippen LogP contribution in [0.4, 0.5) is 5.69 Å². The minimum Gasteiger partial charge on any atom is -0.496 e. The molecule has 0 radical (unpaired) electrons. The van der Waals surface area contributed by atoms with Crippen molar-refractivity contribution >= 4 is 34.1 Å². The van der Waals surface area contributed by atoms with Gasteiger partial charge < -0.3 is 20.1 Å². The van der Waals surface area contributed by atoms with E-state index < -0.39 is 0 Å². The van der Waals surface area contributed by atoms with Crippen LogP contribution in [0.5, 0.6) is 17.2 Å². The van der Waals surface area contributed by atoms with Gasteiger partial charge in [-0.3, -0.25) is 9.78 Å². The number of amides is 1. The normalized spacial score (nSPS) is 10.6. The third kappa shape index (κ3) is 3.36. The first-order chi connectivity index (χ1) is 12.4. The van der Waals surface area contributed by atoms with Crippen molar-refractivity contribution < 1.29 is 14.3 Å². The number of rotatable bonds is 4. The van der Waals surface area contributed by atoms with Crippen LogP contribution in [0.15, 0.2) is 42.6 Å². The van der Waals surface area contributed by atoms with Crippen molar-refractivity contribution in [2.75, 3.05) is 26.9 Å². The molecule has 1 amide bonds. The van der Waals surface area contributed by atoms with Crippen molar-refractivity contribution in [1.29, 1.82) is 0 Å². The predicted molar refractivity (Wildman–Crippen MR) is 102 cm³/mol. The molecule has 3 rings (SSSR count). The molecule has 0 spiro atoms. The van der Waals surface area contributed by atoms with Gasteiger partial charge in [0, 0.05) is 37.8 Å². The van der Waals surface area contributed by atoms with E-state index in [9.17, 15) is 4.79 Å². The highest BCUT2D eigenvalue weighted by Gasteiger charge is 2.18. The molecule has 0 aliphatic carbocycles. The zero-order valence-electron chi connectivity index (χ0n) is 14.6. The van der Waals surface area contributed by atoms with E-state index in [-0.39, 0.29) is 5.91 Å². The first-order valence-electron chi connectivity index (χ1n) is 7.82. The SMILES string of the molecule is COc1cc2nccc(Oc3ccc(N)c(Cl)c3)c2cc1C(=O)N(C)C. The molecule has 0 unspecified atom stereocenters. The number of anilines is 1. The summed E-state index contributed by atoms with van der Waals surface area (Å²) in [6.45, 7) is 0. The second-order valence-corrected chi connectivity index (χ2v) is 6.27. The third-order valence-electron chi connectivity index (χ3n) is 3.86. The number of hydrogen-bond acceptors (Lipinski definition) is 5. The Balaban J connectivity index is 2.12. The van der Waals surface area contributed by atoms with Gasteiger partial charge in [-0.15, -0.1) is 0 Å². The molecule has 26 heavy (non-hydrogen) atoms. The van der Waals surface area contributed by atoms with Gasteiger partial charge in [-0.05, 0) is 24.3 Å². The van der Waals surface area contributed by atoms with Gasteiger partial charge in [0.1, 0.15) is 17.2 Å². The van der Waals surface area contributed by atoms with Crippen LogP contribution >= 0.6 is 11.6 Å². The lowest BCUT2D eigenvalue weighted by Crippen LogP contribution is -2.22. The van der Waals surface area contributed by atoms with E-state index in [0.717, 1.165) is 0 Å². The highest BCUT2D eigenvalue weighted by atomic mass is 35.5. The lowest BCUT2D eigenvalue weighted by atomic mass is 10.1. The fraction of sp³-hybridized carbons (Fsp3) is 0.158. The fourth-order valence-electron chi connectivity index (χ4n) is 2.51. The quantitative estimate of drug-likeness (QED) is 0.702. The van der Waals surface area contributed by atoms with Crippen molar-refractivity contribution in [2.24, 2.45) is 0 Å². The summed E-state index contributed by atoms with van der Waals surface area (Å²) in [5.74, 6) is 1.37. The summed E-state index contributed by atoms with van der Waals surface area (Å²) >= 11 is 6.06. The summed E-state index contributed by atoms with van der Waals surface area (Å²) in [5.41, 5.74) is 7.28. The van der Waals surface area contributed by atoms with Crippen LogP contribution in [-0.2, 0) is 0 Å². The minimum atomic E-state index is -0.172. The Morgan fingerprint density at radius 1 is 1.15 bits per heavy atom. The summed E-state index contributed by atoms with van der Waals surface area (Å²) in [6.07, 6.45) is 1.63. The van der Waals surface area contributed by atoms with Crippen LogP contribution in [0.2, 0.25) is 5.02 Å². The molecule has 7 heteroatoms. The molecule has 0 aliphatic heterocycles. The molecule has 0 saturated carbocycles. The van der Waals surface area contributed by atoms with Gasteiger partial charge in [0.25, 0.3) is 5.91 Å². The van der Waals surface area contributed by atoms with Crippen molar-refractivity contribution in [2.45, 2.75) is 0 Å². The lowest BCUT2D eigenvalue weighted by Gasteiger charge is -2.15. The molecule has 6 nitrogen and oxygen atoms in total. The van der Waals surface area contributed by atoms with Crippen LogP contribution < -0.4 is 15.2 Å². The van der Waals surface area contributed by atoms with Crippen LogP contribution in [0.25, 0.3) is 10.9 Å². The smallest absolute Gasteiger partial charge is 0.257 e. The largest absolute Gasteiger partial charge is 0.496 e. The average molecular weight is 372 g/mol. The van der Waals surface area contributed by atoms with Gasteiger partial charge in [-0.1, -0.05) is 11.6 Å². The molecule has 3 aromatic rings. The molecule has 2 N–H and O–H groups in total. The van der Waals surface area contributed by atoms with E-state index in [1.54, 1.807) is 56.7 Å². The average Bonchev–Trinajstić information content (AvgIpc) is 2.63. The number of aromatic nitrogens is 1. The Hall–Kier alpha value is -2.99. The fourth-order valence-corrected chi connectivity index (χ4v) is 2.68. The summed E-state index contributed by atoms with van der Waals surface area (Å²) in [7, 11) is 4.89. The molecule has 0 aliphatic rings. The Morgan fingerprint density at radius 2 is 1.92 bits per heavy atom. The van der Waals surface area contributed by atoms with Gasteiger partial charge in [0.05, 0.1) is 28.9 Å². The first kappa shape index (κ1) is 17.8. The predicted octanol–water partition coefficient (Wildman–Crippen LogP) is 3.97. The summed E-state index contributed by atoms with van der Waals surface area (Å²) in [4.78, 5) is 18.3. The van der Waals surface area contributed by atoms with E-state index in [2.05, 4.69) is 4.98 Å². The summed E-state index contributed by atoms with van der Waals surface area (Å²) < 4.78 is 11.3. The van der Waals surface area contributed by atoms with Crippen molar-refractivity contribution in [3.05, 3.63) is 53.2 Å². The molecular weight excluding hydrogens is 354 g/mol. The topological polar surface area (TPSA) is 77.7 Å². The summed E-state index contributed by atoms with van der Waals surface area (Å²) in [6, 6.07) is 10.2. The van der Waals surface area contributed by atoms with E-state index in [1.165, 1.54) is 12.0 Å². The van der Waals surface area contributed by atoms with Gasteiger partial charge in [0.2, 0.25) is 0 Å². The van der Waals surface area contributed by atoms with E-state index in [1.807, 2.05) is 0 Å². The number of fused-ring (bicyclic) bond motifs is 1. The number of nitrogens with two attached hydrogens (primary N) is 1. The number of ether oxygens (including phenoxy) is 2. The monoisotopic (exact) mass is 371 g/mol. The zero-order chi connectivity index (χ0) is 18.8. The molecule has 0 saturated heterocycles. The molecule has 134 valence electrons. The third-order valence-corrected chi connectivity index (χ3v) is 4.19. The van der Waals surface area contributed by atoms with Crippen molar-refractivity contribution in [1.82, 2.24) is 9.88 Å². The van der Waals surface area contributed by atoms with Crippen molar-refractivity contribution in [3.63, 3.8) is 0 Å². The lowest BCUT2D eigenvalue weighted by molar-refractivity contribution is 0.0824. The molecular formula is C19H18ClN3O3. The molecule has 0 atom stereocenters. The Labute approximate surface area is 156 Å². The molecule has 0 bridgehead atoms. The van der Waals surface area contributed by atoms with Crippen molar-refractivity contribution in [3.8, 4) is 17.2 Å². The van der Waals surface area contributed by atoms with Crippen LogP contribution in [0.3, 0.4) is 0 Å². The van der Waals surface area contributed by atoms with Gasteiger partial charge in [-0.2, -0.15) is 0 Å². The first-order valence-corrected chi connectivity index (χ1v) is 8.19. The number of pyridine rings is 1. The molecule has 0 fully saturated rings. The Morgan fingerprint density at radius 3 is 2.58 bits per heavy atom. The number of benzene rings is 2. The van der Waals surface area contributed by atoms with E-state index >= 15 is 0 Å². The Bertz CT molecular complexity index is 989. The molecule has 1 heterocycles. The second-order valence-electron chi connectivity index (χ2n) is 5.86. The van der Waals surface area contributed by atoms with Gasteiger partial charge in [0.15, 0.2) is 0 Å². The van der Waals surface area contributed by atoms with Gasteiger partial charge in [-0.25, -0.2) is 0 Å². The molecule has 2 aromatic carbocycles. The summed E-state index contributed by atoms with van der Waals surface area (Å²) in [5, 5.41) is 1.09. The number of hydrogen-bond donors (Lipinski definition) is 1. The van der Waals surface area contributed by atoms with Crippen LogP contribution in [-0.4, -0.2) is 37.0 Å². The maximum Gasteiger partial charge on any atom is 0.257 e.